The number of carboxylic acid groups (broad SMARTS) is 1. The molecular weight excluding hydrogens is 359 g/mol. The summed E-state index contributed by atoms with van der Waals surface area (Å²) in [5.41, 5.74) is -0.734. The van der Waals surface area contributed by atoms with Gasteiger partial charge in [0, 0.05) is 0 Å². The Kier molecular flexibility index (Phi) is 8.43. The molecule has 1 aromatic rings. The van der Waals surface area contributed by atoms with Crippen molar-refractivity contribution in [2.75, 3.05) is 6.61 Å². The van der Waals surface area contributed by atoms with Gasteiger partial charge in [-0.2, -0.15) is 0 Å². The minimum Gasteiger partial charge on any atom is -0.480 e. The first kappa shape index (κ1) is 22.3. The SMILES string of the molecule is CCOC(=O)[C@H](C)NP(=O)(NC(C)(CC)C(=O)O)OCc1ccccc1. The lowest BCUT2D eigenvalue weighted by Gasteiger charge is -2.31. The van der Waals surface area contributed by atoms with Crippen LogP contribution >= 0.6 is 7.67 Å². The summed E-state index contributed by atoms with van der Waals surface area (Å²) in [4.78, 5) is 23.4. The number of carbonyl (C=O) groups excluding carboxylic acids is 1. The molecule has 146 valence electrons. The van der Waals surface area contributed by atoms with E-state index in [1.165, 1.54) is 13.8 Å². The Hall–Kier alpha value is -1.73. The highest BCUT2D eigenvalue weighted by molar-refractivity contribution is 7.54. The molecule has 2 unspecified atom stereocenters. The Bertz CT molecular complexity index is 654. The van der Waals surface area contributed by atoms with Crippen LogP contribution in [0.5, 0.6) is 0 Å². The number of esters is 1. The first-order chi connectivity index (χ1) is 12.2. The lowest BCUT2D eigenvalue weighted by Crippen LogP contribution is -2.50. The van der Waals surface area contributed by atoms with Crippen LogP contribution in [0, 0.1) is 0 Å². The third kappa shape index (κ3) is 6.53. The summed E-state index contributed by atoms with van der Waals surface area (Å²) in [6.45, 7) is 6.35. The molecule has 3 atom stereocenters. The Labute approximate surface area is 153 Å². The summed E-state index contributed by atoms with van der Waals surface area (Å²) in [6, 6.07) is 8.07. The van der Waals surface area contributed by atoms with Crippen molar-refractivity contribution in [1.82, 2.24) is 10.2 Å². The number of carbonyl (C=O) groups is 2. The van der Waals surface area contributed by atoms with Crippen molar-refractivity contribution >= 4 is 19.6 Å². The summed E-state index contributed by atoms with van der Waals surface area (Å²) in [5.74, 6) is -1.78. The lowest BCUT2D eigenvalue weighted by atomic mass is 10.0. The molecule has 0 fully saturated rings. The van der Waals surface area contributed by atoms with Gasteiger partial charge in [0.25, 0.3) is 0 Å². The molecule has 0 spiro atoms. The molecule has 0 amide bonds. The van der Waals surface area contributed by atoms with Gasteiger partial charge in [-0.1, -0.05) is 37.3 Å². The van der Waals surface area contributed by atoms with Gasteiger partial charge in [-0.15, -0.1) is 0 Å². The van der Waals surface area contributed by atoms with Crippen molar-refractivity contribution in [3.8, 4) is 0 Å². The van der Waals surface area contributed by atoms with Gasteiger partial charge in [0.1, 0.15) is 11.6 Å². The first-order valence-electron chi connectivity index (χ1n) is 8.41. The fourth-order valence-electron chi connectivity index (χ4n) is 2.02. The normalized spacial score (nSPS) is 16.9. The van der Waals surface area contributed by atoms with Crippen LogP contribution in [0.3, 0.4) is 0 Å². The smallest absolute Gasteiger partial charge is 0.342 e. The minimum absolute atomic E-state index is 0.0208. The third-order valence-corrected chi connectivity index (χ3v) is 5.84. The molecule has 0 heterocycles. The zero-order chi connectivity index (χ0) is 19.8. The van der Waals surface area contributed by atoms with Crippen LogP contribution < -0.4 is 10.2 Å². The van der Waals surface area contributed by atoms with Gasteiger partial charge in [0.15, 0.2) is 0 Å². The van der Waals surface area contributed by atoms with E-state index in [0.717, 1.165) is 5.56 Å². The molecule has 26 heavy (non-hydrogen) atoms. The second-order valence-corrected chi connectivity index (χ2v) is 7.86. The van der Waals surface area contributed by atoms with Crippen LogP contribution in [0.4, 0.5) is 0 Å². The molecule has 1 aromatic carbocycles. The molecule has 0 aliphatic heterocycles. The average molecular weight is 386 g/mol. The standard InChI is InChI=1S/C17H27N2O6P/c1-5-17(4,16(21)22)19-26(23,18-13(3)15(20)24-6-2)25-12-14-10-8-7-9-11-14/h7-11,13H,5-6,12H2,1-4H3,(H,21,22)(H2,18,19,23)/t13-,17?,26?/m0/s1. The molecule has 8 nitrogen and oxygen atoms in total. The number of benzene rings is 1. The highest BCUT2D eigenvalue weighted by Crippen LogP contribution is 2.42. The van der Waals surface area contributed by atoms with Gasteiger partial charge >= 0.3 is 19.6 Å². The quantitative estimate of drug-likeness (QED) is 0.393. The van der Waals surface area contributed by atoms with Gasteiger partial charge in [-0.05, 0) is 32.8 Å². The maximum absolute atomic E-state index is 13.3. The van der Waals surface area contributed by atoms with Gasteiger partial charge < -0.3 is 14.4 Å². The molecule has 0 saturated carbocycles. The van der Waals surface area contributed by atoms with Gasteiger partial charge in [-0.25, -0.2) is 10.2 Å². The average Bonchev–Trinajstić information content (AvgIpc) is 2.60. The third-order valence-electron chi connectivity index (χ3n) is 3.83. The van der Waals surface area contributed by atoms with Crippen LogP contribution in [-0.4, -0.2) is 35.2 Å². The second-order valence-electron chi connectivity index (χ2n) is 6.02. The highest BCUT2D eigenvalue weighted by atomic mass is 31.2. The topological polar surface area (TPSA) is 114 Å². The summed E-state index contributed by atoms with van der Waals surface area (Å²) < 4.78 is 23.7. The van der Waals surface area contributed by atoms with E-state index in [1.807, 2.05) is 6.07 Å². The Balaban J connectivity index is 3.00. The van der Waals surface area contributed by atoms with Crippen LogP contribution in [0.2, 0.25) is 0 Å². The van der Waals surface area contributed by atoms with Crippen molar-refractivity contribution in [3.63, 3.8) is 0 Å². The van der Waals surface area contributed by atoms with Crippen LogP contribution in [0.25, 0.3) is 0 Å². The number of hydrogen-bond donors (Lipinski definition) is 3. The minimum atomic E-state index is -3.89. The number of ether oxygens (including phenoxy) is 1. The lowest BCUT2D eigenvalue weighted by molar-refractivity contribution is -0.144. The second kappa shape index (κ2) is 9.83. The molecule has 0 bridgehead atoms. The molecule has 0 aliphatic rings. The van der Waals surface area contributed by atoms with Crippen LogP contribution in [-0.2, 0) is 30.0 Å². The fourth-order valence-corrected chi connectivity index (χ4v) is 4.07. The van der Waals surface area contributed by atoms with Gasteiger partial charge in [0.2, 0.25) is 0 Å². The van der Waals surface area contributed by atoms with E-state index < -0.39 is 31.2 Å². The molecule has 0 aromatic heterocycles. The van der Waals surface area contributed by atoms with Gasteiger partial charge in [-0.3, -0.25) is 14.2 Å². The molecule has 0 saturated heterocycles. The van der Waals surface area contributed by atoms with Crippen LogP contribution in [0.1, 0.15) is 39.7 Å². The van der Waals surface area contributed by atoms with E-state index >= 15 is 0 Å². The predicted octanol–water partition coefficient (Wildman–Crippen LogP) is 2.70. The first-order valence-corrected chi connectivity index (χ1v) is 10.0. The number of nitrogens with one attached hydrogen (secondary N) is 2. The summed E-state index contributed by atoms with van der Waals surface area (Å²) in [6.07, 6.45) is 0.163. The van der Waals surface area contributed by atoms with E-state index in [0.29, 0.717) is 0 Å². The highest BCUT2D eigenvalue weighted by Gasteiger charge is 2.41. The number of rotatable bonds is 11. The van der Waals surface area contributed by atoms with E-state index in [9.17, 15) is 19.3 Å². The zero-order valence-electron chi connectivity index (χ0n) is 15.5. The van der Waals surface area contributed by atoms with Crippen molar-refractivity contribution in [1.29, 1.82) is 0 Å². The van der Waals surface area contributed by atoms with E-state index in [-0.39, 0.29) is 19.6 Å². The molecule has 9 heteroatoms. The number of aliphatic carboxylic acids is 1. The largest absolute Gasteiger partial charge is 0.480 e. The van der Waals surface area contributed by atoms with E-state index in [4.69, 9.17) is 9.26 Å². The van der Waals surface area contributed by atoms with Crippen molar-refractivity contribution < 1.29 is 28.5 Å². The number of hydrogen-bond acceptors (Lipinski definition) is 5. The maximum Gasteiger partial charge on any atom is 0.342 e. The summed E-state index contributed by atoms with van der Waals surface area (Å²) >= 11 is 0. The Morgan fingerprint density at radius 2 is 1.88 bits per heavy atom. The molecule has 1 rings (SSSR count). The summed E-state index contributed by atoms with van der Waals surface area (Å²) in [7, 11) is -3.89. The van der Waals surface area contributed by atoms with Gasteiger partial charge in [0.05, 0.1) is 13.2 Å². The molecular formula is C17H27N2O6P. The van der Waals surface area contributed by atoms with Crippen LogP contribution in [0.15, 0.2) is 30.3 Å². The summed E-state index contributed by atoms with van der Waals surface area (Å²) in [5, 5.41) is 14.6. The zero-order valence-corrected chi connectivity index (χ0v) is 16.4. The van der Waals surface area contributed by atoms with Crippen molar-refractivity contribution in [2.45, 2.75) is 52.3 Å². The fraction of sp³-hybridized carbons (Fsp3) is 0.529. The Morgan fingerprint density at radius 3 is 2.38 bits per heavy atom. The number of carboxylic acids is 1. The molecule has 0 radical (unpaired) electrons. The van der Waals surface area contributed by atoms with Crippen molar-refractivity contribution in [2.24, 2.45) is 0 Å². The molecule has 3 N–H and O–H groups in total. The van der Waals surface area contributed by atoms with E-state index in [1.54, 1.807) is 38.1 Å². The monoisotopic (exact) mass is 386 g/mol. The van der Waals surface area contributed by atoms with E-state index in [2.05, 4.69) is 10.2 Å². The Morgan fingerprint density at radius 1 is 1.27 bits per heavy atom. The predicted molar refractivity (Wildman–Crippen MR) is 97.5 cm³/mol. The van der Waals surface area contributed by atoms with Crippen molar-refractivity contribution in [3.05, 3.63) is 35.9 Å². The molecule has 0 aliphatic carbocycles. The maximum atomic E-state index is 13.3.